The molecule has 17 heavy (non-hydrogen) atoms. The highest BCUT2D eigenvalue weighted by Crippen LogP contribution is 2.19. The third kappa shape index (κ3) is 3.95. The predicted molar refractivity (Wildman–Crippen MR) is 76.4 cm³/mol. The number of hydrogen-bond donors (Lipinski definition) is 1. The summed E-state index contributed by atoms with van der Waals surface area (Å²) in [4.78, 5) is 1.35. The molecule has 1 N–H and O–H groups in total. The number of benzene rings is 1. The molecular weight excluding hydrogens is 296 g/mol. The summed E-state index contributed by atoms with van der Waals surface area (Å²) in [5.74, 6) is 0.315. The number of rotatable bonds is 5. The highest BCUT2D eigenvalue weighted by molar-refractivity contribution is 9.10. The van der Waals surface area contributed by atoms with Crippen LogP contribution in [0.4, 0.5) is 0 Å². The van der Waals surface area contributed by atoms with Crippen molar-refractivity contribution in [2.24, 2.45) is 5.92 Å². The minimum Gasteiger partial charge on any atom is -0.396 e. The zero-order chi connectivity index (χ0) is 12.1. The Hall–Kier alpha value is -0.640. The van der Waals surface area contributed by atoms with Gasteiger partial charge in [-0.3, -0.25) is 0 Å². The molecule has 0 saturated heterocycles. The third-order valence-electron chi connectivity index (χ3n) is 2.77. The van der Waals surface area contributed by atoms with Gasteiger partial charge in [0.05, 0.1) is 0 Å². The average molecular weight is 311 g/mol. The van der Waals surface area contributed by atoms with Crippen LogP contribution in [0.3, 0.4) is 0 Å². The first kappa shape index (κ1) is 12.8. The lowest BCUT2D eigenvalue weighted by atomic mass is 9.96. The summed E-state index contributed by atoms with van der Waals surface area (Å²) < 4.78 is 1.10. The van der Waals surface area contributed by atoms with Gasteiger partial charge in [-0.1, -0.05) is 34.1 Å². The molecule has 1 aromatic carbocycles. The fourth-order valence-electron chi connectivity index (χ4n) is 1.87. The Kier molecular flexibility index (Phi) is 4.77. The lowest BCUT2D eigenvalue weighted by molar-refractivity contribution is 0.225. The summed E-state index contributed by atoms with van der Waals surface area (Å²) >= 11 is 5.19. The van der Waals surface area contributed by atoms with Crippen molar-refractivity contribution >= 4 is 27.3 Å². The van der Waals surface area contributed by atoms with Crippen LogP contribution in [-0.2, 0) is 12.8 Å². The Balaban J connectivity index is 1.97. The van der Waals surface area contributed by atoms with Crippen LogP contribution in [-0.4, -0.2) is 11.7 Å². The Labute approximate surface area is 114 Å². The van der Waals surface area contributed by atoms with E-state index in [0.29, 0.717) is 5.92 Å². The van der Waals surface area contributed by atoms with Gasteiger partial charge in [-0.15, -0.1) is 11.3 Å². The number of hydrogen-bond acceptors (Lipinski definition) is 2. The van der Waals surface area contributed by atoms with Gasteiger partial charge in [-0.2, -0.15) is 0 Å². The van der Waals surface area contributed by atoms with Crippen LogP contribution in [0.2, 0.25) is 0 Å². The molecule has 0 aliphatic heterocycles. The van der Waals surface area contributed by atoms with E-state index in [4.69, 9.17) is 0 Å². The molecule has 2 aromatic rings. The van der Waals surface area contributed by atoms with Crippen LogP contribution in [0, 0.1) is 5.92 Å². The number of aliphatic hydroxyl groups is 1. The Bertz CT molecular complexity index is 436. The molecule has 0 fully saturated rings. The molecule has 1 aromatic heterocycles. The van der Waals surface area contributed by atoms with Crippen molar-refractivity contribution in [2.75, 3.05) is 6.61 Å². The largest absolute Gasteiger partial charge is 0.396 e. The van der Waals surface area contributed by atoms with Crippen molar-refractivity contribution < 1.29 is 5.11 Å². The second-order valence-corrected chi connectivity index (χ2v) is 6.11. The first-order valence-corrected chi connectivity index (χ1v) is 7.33. The van der Waals surface area contributed by atoms with E-state index in [1.807, 2.05) is 0 Å². The molecule has 1 heterocycles. The maximum absolute atomic E-state index is 9.44. The normalized spacial score (nSPS) is 12.6. The minimum atomic E-state index is 0.244. The van der Waals surface area contributed by atoms with Gasteiger partial charge in [0.15, 0.2) is 0 Å². The Morgan fingerprint density at radius 1 is 1.12 bits per heavy atom. The first-order valence-electron chi connectivity index (χ1n) is 5.65. The smallest absolute Gasteiger partial charge is 0.0465 e. The van der Waals surface area contributed by atoms with Gasteiger partial charge < -0.3 is 5.11 Å². The molecule has 1 unspecified atom stereocenters. The molecule has 0 amide bonds. The second kappa shape index (κ2) is 6.34. The van der Waals surface area contributed by atoms with Crippen LogP contribution in [0.1, 0.15) is 10.4 Å². The summed E-state index contributed by atoms with van der Waals surface area (Å²) in [6.45, 7) is 0.244. The SMILES string of the molecule is OCC(Cc1ccc(Br)cc1)Cc1cccs1. The van der Waals surface area contributed by atoms with Crippen molar-refractivity contribution in [1.82, 2.24) is 0 Å². The average Bonchev–Trinajstić information content (AvgIpc) is 2.84. The molecule has 90 valence electrons. The lowest BCUT2D eigenvalue weighted by Gasteiger charge is -2.13. The van der Waals surface area contributed by atoms with Crippen molar-refractivity contribution in [3.05, 3.63) is 56.7 Å². The highest BCUT2D eigenvalue weighted by Gasteiger charge is 2.10. The maximum atomic E-state index is 9.44. The molecule has 0 bridgehead atoms. The quantitative estimate of drug-likeness (QED) is 0.888. The van der Waals surface area contributed by atoms with Crippen LogP contribution >= 0.6 is 27.3 Å². The molecule has 1 atom stereocenters. The fraction of sp³-hybridized carbons (Fsp3) is 0.286. The van der Waals surface area contributed by atoms with Crippen LogP contribution in [0.5, 0.6) is 0 Å². The summed E-state index contributed by atoms with van der Waals surface area (Å²) in [6.07, 6.45) is 1.89. The van der Waals surface area contributed by atoms with E-state index in [1.165, 1.54) is 10.4 Å². The zero-order valence-corrected chi connectivity index (χ0v) is 11.9. The first-order chi connectivity index (χ1) is 8.28. The van der Waals surface area contributed by atoms with Crippen molar-refractivity contribution in [3.63, 3.8) is 0 Å². The van der Waals surface area contributed by atoms with E-state index < -0.39 is 0 Å². The number of aliphatic hydroxyl groups excluding tert-OH is 1. The summed E-state index contributed by atoms with van der Waals surface area (Å²) in [5, 5.41) is 11.5. The molecule has 2 rings (SSSR count). The van der Waals surface area contributed by atoms with Crippen LogP contribution < -0.4 is 0 Å². The maximum Gasteiger partial charge on any atom is 0.0465 e. The molecule has 1 nitrogen and oxygen atoms in total. The van der Waals surface area contributed by atoms with E-state index in [2.05, 4.69) is 57.7 Å². The highest BCUT2D eigenvalue weighted by atomic mass is 79.9. The molecule has 0 aliphatic rings. The van der Waals surface area contributed by atoms with E-state index in [0.717, 1.165) is 17.3 Å². The van der Waals surface area contributed by atoms with E-state index >= 15 is 0 Å². The van der Waals surface area contributed by atoms with Gasteiger partial charge >= 0.3 is 0 Å². The number of halogens is 1. The lowest BCUT2D eigenvalue weighted by Crippen LogP contribution is -2.12. The molecule has 0 saturated carbocycles. The third-order valence-corrected chi connectivity index (χ3v) is 4.19. The van der Waals surface area contributed by atoms with Crippen molar-refractivity contribution in [3.8, 4) is 0 Å². The topological polar surface area (TPSA) is 20.2 Å². The Morgan fingerprint density at radius 2 is 1.88 bits per heavy atom. The number of thiophene rings is 1. The van der Waals surface area contributed by atoms with Crippen LogP contribution in [0.15, 0.2) is 46.3 Å². The molecular formula is C14H15BrOS. The fourth-order valence-corrected chi connectivity index (χ4v) is 2.95. The Morgan fingerprint density at radius 3 is 2.47 bits per heavy atom. The zero-order valence-electron chi connectivity index (χ0n) is 9.47. The van der Waals surface area contributed by atoms with Crippen LogP contribution in [0.25, 0.3) is 0 Å². The van der Waals surface area contributed by atoms with Gasteiger partial charge in [0, 0.05) is 16.0 Å². The van der Waals surface area contributed by atoms with E-state index in [1.54, 1.807) is 11.3 Å². The second-order valence-electron chi connectivity index (χ2n) is 4.16. The standard InChI is InChI=1S/C14H15BrOS/c15-13-5-3-11(4-6-13)8-12(10-16)9-14-2-1-7-17-14/h1-7,12,16H,8-10H2. The van der Waals surface area contributed by atoms with Gasteiger partial charge in [-0.25, -0.2) is 0 Å². The van der Waals surface area contributed by atoms with Gasteiger partial charge in [0.2, 0.25) is 0 Å². The van der Waals surface area contributed by atoms with Gasteiger partial charge in [0.25, 0.3) is 0 Å². The predicted octanol–water partition coefficient (Wildman–Crippen LogP) is 3.90. The minimum absolute atomic E-state index is 0.244. The van der Waals surface area contributed by atoms with Gasteiger partial charge in [0.1, 0.15) is 0 Å². The summed E-state index contributed by atoms with van der Waals surface area (Å²) in [5.41, 5.74) is 1.28. The molecule has 0 radical (unpaired) electrons. The van der Waals surface area contributed by atoms with Crippen molar-refractivity contribution in [2.45, 2.75) is 12.8 Å². The van der Waals surface area contributed by atoms with Gasteiger partial charge in [-0.05, 0) is 47.9 Å². The summed E-state index contributed by atoms with van der Waals surface area (Å²) in [6, 6.07) is 12.5. The monoisotopic (exact) mass is 310 g/mol. The molecule has 0 aliphatic carbocycles. The molecule has 0 spiro atoms. The van der Waals surface area contributed by atoms with E-state index in [9.17, 15) is 5.11 Å². The van der Waals surface area contributed by atoms with E-state index in [-0.39, 0.29) is 6.61 Å². The molecule has 3 heteroatoms. The van der Waals surface area contributed by atoms with Crippen molar-refractivity contribution in [1.29, 1.82) is 0 Å². The summed E-state index contributed by atoms with van der Waals surface area (Å²) in [7, 11) is 0.